The zero-order valence-electron chi connectivity index (χ0n) is 14.8. The molecule has 0 aromatic heterocycles. The van der Waals surface area contributed by atoms with Crippen molar-refractivity contribution < 1.29 is 9.59 Å². The first kappa shape index (κ1) is 16.8. The molecule has 0 aliphatic carbocycles. The molecule has 4 heteroatoms. The number of amides is 2. The highest BCUT2D eigenvalue weighted by molar-refractivity contribution is 8.19. The van der Waals surface area contributed by atoms with E-state index in [-0.39, 0.29) is 11.1 Å². The van der Waals surface area contributed by atoms with Crippen molar-refractivity contribution in [3.05, 3.63) is 95.4 Å². The SMILES string of the molecule is O=C1SC(=Cc2c3ccccc3cc3ccccc23)C(=O)N1c1ccccc1. The number of fused-ring (bicyclic) bond motifs is 2. The van der Waals surface area contributed by atoms with Crippen LogP contribution < -0.4 is 4.90 Å². The lowest BCUT2D eigenvalue weighted by Gasteiger charge is -2.12. The molecular formula is C24H15NO2S. The van der Waals surface area contributed by atoms with Gasteiger partial charge in [0.15, 0.2) is 0 Å². The molecule has 0 radical (unpaired) electrons. The molecule has 0 bridgehead atoms. The number of rotatable bonds is 2. The molecule has 3 nitrogen and oxygen atoms in total. The van der Waals surface area contributed by atoms with E-state index in [1.54, 1.807) is 12.1 Å². The van der Waals surface area contributed by atoms with Gasteiger partial charge in [-0.3, -0.25) is 9.59 Å². The lowest BCUT2D eigenvalue weighted by atomic mass is 9.96. The number of nitrogens with zero attached hydrogens (tertiary/aromatic N) is 1. The van der Waals surface area contributed by atoms with E-state index < -0.39 is 0 Å². The summed E-state index contributed by atoms with van der Waals surface area (Å²) < 4.78 is 0. The second-order valence-corrected chi connectivity index (χ2v) is 7.58. The Labute approximate surface area is 166 Å². The molecule has 1 heterocycles. The maximum Gasteiger partial charge on any atom is 0.298 e. The van der Waals surface area contributed by atoms with Crippen molar-refractivity contribution >= 4 is 56.2 Å². The zero-order chi connectivity index (χ0) is 19.1. The van der Waals surface area contributed by atoms with Gasteiger partial charge in [-0.25, -0.2) is 4.90 Å². The number of benzene rings is 4. The summed E-state index contributed by atoms with van der Waals surface area (Å²) in [7, 11) is 0. The molecule has 0 N–H and O–H groups in total. The van der Waals surface area contributed by atoms with E-state index in [9.17, 15) is 9.59 Å². The topological polar surface area (TPSA) is 37.4 Å². The second kappa shape index (κ2) is 6.66. The van der Waals surface area contributed by atoms with Crippen molar-refractivity contribution in [2.75, 3.05) is 4.90 Å². The van der Waals surface area contributed by atoms with Gasteiger partial charge < -0.3 is 0 Å². The molecule has 5 rings (SSSR count). The summed E-state index contributed by atoms with van der Waals surface area (Å²) in [5.74, 6) is -0.279. The molecule has 1 aliphatic rings. The highest BCUT2D eigenvalue weighted by Crippen LogP contribution is 2.38. The summed E-state index contributed by atoms with van der Waals surface area (Å²) in [5, 5.41) is 4.07. The molecule has 0 atom stereocenters. The van der Waals surface area contributed by atoms with Crippen LogP contribution in [0.5, 0.6) is 0 Å². The average Bonchev–Trinajstić information content (AvgIpc) is 3.01. The molecule has 2 amide bonds. The Morgan fingerprint density at radius 3 is 1.93 bits per heavy atom. The van der Waals surface area contributed by atoms with Crippen molar-refractivity contribution in [2.24, 2.45) is 0 Å². The fraction of sp³-hybridized carbons (Fsp3) is 0. The highest BCUT2D eigenvalue weighted by Gasteiger charge is 2.36. The van der Waals surface area contributed by atoms with E-state index in [0.717, 1.165) is 38.9 Å². The van der Waals surface area contributed by atoms with Gasteiger partial charge in [-0.15, -0.1) is 0 Å². The number of hydrogen-bond donors (Lipinski definition) is 0. The van der Waals surface area contributed by atoms with Crippen LogP contribution in [0.3, 0.4) is 0 Å². The predicted molar refractivity (Wildman–Crippen MR) is 116 cm³/mol. The van der Waals surface area contributed by atoms with Crippen LogP contribution in [0.2, 0.25) is 0 Å². The largest absolute Gasteiger partial charge is 0.298 e. The first-order valence-corrected chi connectivity index (χ1v) is 9.77. The lowest BCUT2D eigenvalue weighted by Crippen LogP contribution is -2.27. The maximum atomic E-state index is 13.0. The molecule has 28 heavy (non-hydrogen) atoms. The Hall–Kier alpha value is -3.37. The Morgan fingerprint density at radius 2 is 1.29 bits per heavy atom. The highest BCUT2D eigenvalue weighted by atomic mass is 32.2. The molecule has 4 aromatic carbocycles. The first-order valence-electron chi connectivity index (χ1n) is 8.96. The fourth-order valence-corrected chi connectivity index (χ4v) is 4.43. The number of anilines is 1. The molecule has 4 aromatic rings. The number of para-hydroxylation sites is 1. The van der Waals surface area contributed by atoms with Crippen molar-refractivity contribution in [2.45, 2.75) is 0 Å². The van der Waals surface area contributed by atoms with Gasteiger partial charge in [-0.1, -0.05) is 66.7 Å². The smallest absolute Gasteiger partial charge is 0.268 e. The molecular weight excluding hydrogens is 366 g/mol. The van der Waals surface area contributed by atoms with Crippen molar-refractivity contribution in [3.63, 3.8) is 0 Å². The number of hydrogen-bond acceptors (Lipinski definition) is 3. The van der Waals surface area contributed by atoms with E-state index in [1.165, 1.54) is 4.90 Å². The van der Waals surface area contributed by atoms with Crippen molar-refractivity contribution in [3.8, 4) is 0 Å². The van der Waals surface area contributed by atoms with E-state index in [2.05, 4.69) is 30.3 Å². The number of carbonyl (C=O) groups is 2. The van der Waals surface area contributed by atoms with Gasteiger partial charge in [0, 0.05) is 0 Å². The Balaban J connectivity index is 1.70. The normalized spacial score (nSPS) is 15.9. The minimum absolute atomic E-state index is 0.271. The van der Waals surface area contributed by atoms with Crippen LogP contribution >= 0.6 is 11.8 Å². The maximum absolute atomic E-state index is 13.0. The first-order chi connectivity index (χ1) is 13.7. The number of imide groups is 1. The summed E-state index contributed by atoms with van der Waals surface area (Å²) >= 11 is 0.987. The van der Waals surface area contributed by atoms with Gasteiger partial charge in [0.25, 0.3) is 11.1 Å². The second-order valence-electron chi connectivity index (χ2n) is 6.59. The van der Waals surface area contributed by atoms with Gasteiger partial charge in [-0.2, -0.15) is 0 Å². The predicted octanol–water partition coefficient (Wildman–Crippen LogP) is 6.23. The third-order valence-corrected chi connectivity index (χ3v) is 5.77. The van der Waals surface area contributed by atoms with E-state index in [0.29, 0.717) is 10.6 Å². The number of thioether (sulfide) groups is 1. The standard InChI is InChI=1S/C24H15NO2S/c26-23-22(28-24(27)25(23)18-10-2-1-3-11-18)15-21-19-12-6-4-8-16(19)14-17-9-5-7-13-20(17)21/h1-15H. The summed E-state index contributed by atoms with van der Waals surface area (Å²) in [6.07, 6.45) is 1.86. The molecule has 0 saturated carbocycles. The molecule has 0 unspecified atom stereocenters. The molecule has 1 fully saturated rings. The summed E-state index contributed by atoms with van der Waals surface area (Å²) in [6.45, 7) is 0. The van der Waals surface area contributed by atoms with E-state index >= 15 is 0 Å². The quantitative estimate of drug-likeness (QED) is 0.305. The molecule has 0 spiro atoms. The molecule has 134 valence electrons. The van der Waals surface area contributed by atoms with Gasteiger partial charge in [-0.05, 0) is 63.1 Å². The van der Waals surface area contributed by atoms with Gasteiger partial charge in [0.2, 0.25) is 0 Å². The Morgan fingerprint density at radius 1 is 0.714 bits per heavy atom. The van der Waals surface area contributed by atoms with Gasteiger partial charge >= 0.3 is 0 Å². The molecule has 1 aliphatic heterocycles. The van der Waals surface area contributed by atoms with Gasteiger partial charge in [0.1, 0.15) is 0 Å². The average molecular weight is 381 g/mol. The van der Waals surface area contributed by atoms with E-state index in [4.69, 9.17) is 0 Å². The lowest BCUT2D eigenvalue weighted by molar-refractivity contribution is -0.113. The third-order valence-electron chi connectivity index (χ3n) is 4.90. The molecule has 1 saturated heterocycles. The monoisotopic (exact) mass is 381 g/mol. The van der Waals surface area contributed by atoms with Crippen LogP contribution in [0.25, 0.3) is 27.6 Å². The summed E-state index contributed by atoms with van der Waals surface area (Å²) in [4.78, 5) is 27.2. The Kier molecular flexibility index (Phi) is 3.99. The van der Waals surface area contributed by atoms with Crippen molar-refractivity contribution in [1.29, 1.82) is 0 Å². The van der Waals surface area contributed by atoms with Crippen LogP contribution in [-0.4, -0.2) is 11.1 Å². The fourth-order valence-electron chi connectivity index (χ4n) is 3.60. The zero-order valence-corrected chi connectivity index (χ0v) is 15.6. The van der Waals surface area contributed by atoms with Crippen LogP contribution in [-0.2, 0) is 4.79 Å². The summed E-state index contributed by atoms with van der Waals surface area (Å²) in [5.41, 5.74) is 1.56. The van der Waals surface area contributed by atoms with Crippen molar-refractivity contribution in [1.82, 2.24) is 0 Å². The van der Waals surface area contributed by atoms with Crippen LogP contribution in [0.4, 0.5) is 10.5 Å². The minimum Gasteiger partial charge on any atom is -0.268 e. The van der Waals surface area contributed by atoms with E-state index in [1.807, 2.05) is 48.5 Å². The van der Waals surface area contributed by atoms with Crippen LogP contribution in [0.15, 0.2) is 89.8 Å². The Bertz CT molecular complexity index is 1220. The number of carbonyl (C=O) groups excluding carboxylic acids is 2. The van der Waals surface area contributed by atoms with Gasteiger partial charge in [0.05, 0.1) is 10.6 Å². The minimum atomic E-state index is -0.279. The van der Waals surface area contributed by atoms with Crippen LogP contribution in [0, 0.1) is 0 Å². The third kappa shape index (κ3) is 2.70. The van der Waals surface area contributed by atoms with Crippen LogP contribution in [0.1, 0.15) is 5.56 Å². The summed E-state index contributed by atoms with van der Waals surface area (Å²) in [6, 6.07) is 27.4.